The van der Waals surface area contributed by atoms with E-state index in [4.69, 9.17) is 4.42 Å². The van der Waals surface area contributed by atoms with Crippen LogP contribution in [0.4, 0.5) is 10.1 Å². The Balaban J connectivity index is 2.04. The molecule has 0 aliphatic rings. The summed E-state index contributed by atoms with van der Waals surface area (Å²) in [5, 5.41) is 11.0. The zero-order valence-corrected chi connectivity index (χ0v) is 12.6. The van der Waals surface area contributed by atoms with Gasteiger partial charge in [-0.05, 0) is 18.2 Å². The minimum absolute atomic E-state index is 0.173. The summed E-state index contributed by atoms with van der Waals surface area (Å²) >= 11 is 3.24. The van der Waals surface area contributed by atoms with Gasteiger partial charge in [-0.15, -0.1) is 10.2 Å². The second-order valence-electron chi connectivity index (χ2n) is 5.26. The van der Waals surface area contributed by atoms with E-state index in [1.54, 1.807) is 6.07 Å². The van der Waals surface area contributed by atoms with Gasteiger partial charge in [0.05, 0.1) is 6.54 Å². The van der Waals surface area contributed by atoms with Crippen LogP contribution in [0, 0.1) is 5.82 Å². The van der Waals surface area contributed by atoms with Crippen LogP contribution in [-0.4, -0.2) is 10.2 Å². The lowest BCUT2D eigenvalue weighted by Gasteiger charge is -2.11. The van der Waals surface area contributed by atoms with E-state index in [0.717, 1.165) is 0 Å². The Kier molecular flexibility index (Phi) is 3.89. The van der Waals surface area contributed by atoms with E-state index >= 15 is 0 Å². The normalized spacial score (nSPS) is 11.6. The Morgan fingerprint density at radius 1 is 1.26 bits per heavy atom. The summed E-state index contributed by atoms with van der Waals surface area (Å²) in [4.78, 5) is 0. The predicted molar refractivity (Wildman–Crippen MR) is 74.4 cm³/mol. The molecular formula is C13H15BrFN3O. The van der Waals surface area contributed by atoms with Crippen molar-refractivity contribution in [3.8, 4) is 0 Å². The predicted octanol–water partition coefficient (Wildman–Crippen LogP) is 3.88. The summed E-state index contributed by atoms with van der Waals surface area (Å²) in [7, 11) is 0. The van der Waals surface area contributed by atoms with E-state index in [2.05, 4.69) is 31.4 Å². The third-order valence-corrected chi connectivity index (χ3v) is 2.87. The SMILES string of the molecule is CC(C)(C)c1nnc(CNc2cc(F)cc(Br)c2)o1. The zero-order chi connectivity index (χ0) is 14.0. The number of benzene rings is 1. The van der Waals surface area contributed by atoms with E-state index in [0.29, 0.717) is 28.5 Å². The van der Waals surface area contributed by atoms with Gasteiger partial charge in [-0.2, -0.15) is 0 Å². The lowest BCUT2D eigenvalue weighted by molar-refractivity contribution is 0.374. The molecule has 102 valence electrons. The fourth-order valence-corrected chi connectivity index (χ4v) is 1.93. The summed E-state index contributed by atoms with van der Waals surface area (Å²) < 4.78 is 19.4. The quantitative estimate of drug-likeness (QED) is 0.929. The molecule has 0 saturated heterocycles. The van der Waals surface area contributed by atoms with Gasteiger partial charge in [0.2, 0.25) is 11.8 Å². The molecule has 0 fully saturated rings. The Hall–Kier alpha value is -1.43. The Morgan fingerprint density at radius 3 is 2.58 bits per heavy atom. The fraction of sp³-hybridized carbons (Fsp3) is 0.385. The van der Waals surface area contributed by atoms with Crippen molar-refractivity contribution in [1.29, 1.82) is 0 Å². The molecule has 0 aliphatic heterocycles. The highest BCUT2D eigenvalue weighted by Crippen LogP contribution is 2.22. The topological polar surface area (TPSA) is 51.0 Å². The fourth-order valence-electron chi connectivity index (χ4n) is 1.46. The molecule has 6 heteroatoms. The summed E-state index contributed by atoms with van der Waals surface area (Å²) in [6.45, 7) is 6.36. The first kappa shape index (κ1) is 14.0. The van der Waals surface area contributed by atoms with Gasteiger partial charge >= 0.3 is 0 Å². The lowest BCUT2D eigenvalue weighted by Crippen LogP contribution is -2.11. The molecule has 2 aromatic rings. The van der Waals surface area contributed by atoms with E-state index in [1.807, 2.05) is 20.8 Å². The first-order valence-corrected chi connectivity index (χ1v) is 6.67. The average molecular weight is 328 g/mol. The third kappa shape index (κ3) is 3.76. The molecular weight excluding hydrogens is 313 g/mol. The second kappa shape index (κ2) is 5.28. The van der Waals surface area contributed by atoms with E-state index in [-0.39, 0.29) is 11.2 Å². The van der Waals surface area contributed by atoms with Gasteiger partial charge in [0.25, 0.3) is 0 Å². The Bertz CT molecular complexity index is 557. The smallest absolute Gasteiger partial charge is 0.235 e. The van der Waals surface area contributed by atoms with E-state index < -0.39 is 0 Å². The highest BCUT2D eigenvalue weighted by Gasteiger charge is 2.21. The van der Waals surface area contributed by atoms with Crippen molar-refractivity contribution < 1.29 is 8.81 Å². The summed E-state index contributed by atoms with van der Waals surface area (Å²) in [5.41, 5.74) is 0.482. The van der Waals surface area contributed by atoms with Crippen molar-refractivity contribution in [3.05, 3.63) is 40.3 Å². The van der Waals surface area contributed by atoms with Crippen LogP contribution in [0.15, 0.2) is 27.1 Å². The van der Waals surface area contributed by atoms with Crippen LogP contribution in [0.25, 0.3) is 0 Å². The van der Waals surface area contributed by atoms with Crippen molar-refractivity contribution in [2.75, 3.05) is 5.32 Å². The molecule has 4 nitrogen and oxygen atoms in total. The van der Waals surface area contributed by atoms with Crippen molar-refractivity contribution in [1.82, 2.24) is 10.2 Å². The van der Waals surface area contributed by atoms with Gasteiger partial charge in [0.15, 0.2) is 0 Å². The molecule has 0 saturated carbocycles. The number of aromatic nitrogens is 2. The maximum atomic E-state index is 13.2. The summed E-state index contributed by atoms with van der Waals surface area (Å²) in [5.74, 6) is 0.757. The molecule has 1 aromatic heterocycles. The standard InChI is InChI=1S/C13H15BrFN3O/c1-13(2,3)12-18-17-11(19-12)7-16-10-5-8(14)4-9(15)6-10/h4-6,16H,7H2,1-3H3. The molecule has 1 N–H and O–H groups in total. The number of halogens is 2. The van der Waals surface area contributed by atoms with Crippen LogP contribution in [0.1, 0.15) is 32.6 Å². The molecule has 0 radical (unpaired) electrons. The van der Waals surface area contributed by atoms with Gasteiger partial charge in [-0.1, -0.05) is 36.7 Å². The summed E-state index contributed by atoms with van der Waals surface area (Å²) in [6.07, 6.45) is 0. The molecule has 1 aromatic carbocycles. The molecule has 19 heavy (non-hydrogen) atoms. The summed E-state index contributed by atoms with van der Waals surface area (Å²) in [6, 6.07) is 4.59. The molecule has 0 aliphatic carbocycles. The van der Waals surface area contributed by atoms with Gasteiger partial charge < -0.3 is 9.73 Å². The molecule has 0 unspecified atom stereocenters. The van der Waals surface area contributed by atoms with Crippen LogP contribution in [0.2, 0.25) is 0 Å². The van der Waals surface area contributed by atoms with Crippen LogP contribution < -0.4 is 5.32 Å². The lowest BCUT2D eigenvalue weighted by atomic mass is 9.97. The van der Waals surface area contributed by atoms with Crippen LogP contribution >= 0.6 is 15.9 Å². The molecule has 1 heterocycles. The van der Waals surface area contributed by atoms with Crippen molar-refractivity contribution >= 4 is 21.6 Å². The monoisotopic (exact) mass is 327 g/mol. The minimum atomic E-state index is -0.308. The first-order valence-electron chi connectivity index (χ1n) is 5.87. The average Bonchev–Trinajstić information content (AvgIpc) is 2.73. The van der Waals surface area contributed by atoms with Crippen molar-refractivity contribution in [2.45, 2.75) is 32.7 Å². The van der Waals surface area contributed by atoms with Crippen LogP contribution in [0.3, 0.4) is 0 Å². The van der Waals surface area contributed by atoms with Gasteiger partial charge in [-0.25, -0.2) is 4.39 Å². The zero-order valence-electron chi connectivity index (χ0n) is 11.0. The van der Waals surface area contributed by atoms with E-state index in [9.17, 15) is 4.39 Å². The van der Waals surface area contributed by atoms with E-state index in [1.165, 1.54) is 12.1 Å². The highest BCUT2D eigenvalue weighted by molar-refractivity contribution is 9.10. The van der Waals surface area contributed by atoms with Gasteiger partial charge in [0, 0.05) is 15.6 Å². The van der Waals surface area contributed by atoms with Gasteiger partial charge in [0.1, 0.15) is 5.82 Å². The van der Waals surface area contributed by atoms with Crippen molar-refractivity contribution in [2.24, 2.45) is 0 Å². The number of hydrogen-bond donors (Lipinski definition) is 1. The number of anilines is 1. The second-order valence-corrected chi connectivity index (χ2v) is 6.18. The Morgan fingerprint density at radius 2 is 2.00 bits per heavy atom. The third-order valence-electron chi connectivity index (χ3n) is 2.41. The number of rotatable bonds is 3. The number of nitrogens with zero attached hydrogens (tertiary/aromatic N) is 2. The highest BCUT2D eigenvalue weighted by atomic mass is 79.9. The molecule has 0 amide bonds. The van der Waals surface area contributed by atoms with Crippen LogP contribution in [0.5, 0.6) is 0 Å². The Labute approximate surface area is 119 Å². The van der Waals surface area contributed by atoms with Gasteiger partial charge in [-0.3, -0.25) is 0 Å². The molecule has 0 spiro atoms. The largest absolute Gasteiger partial charge is 0.423 e. The molecule has 0 atom stereocenters. The minimum Gasteiger partial charge on any atom is -0.423 e. The first-order chi connectivity index (χ1) is 8.84. The maximum Gasteiger partial charge on any atom is 0.235 e. The maximum absolute atomic E-state index is 13.2. The van der Waals surface area contributed by atoms with Crippen molar-refractivity contribution in [3.63, 3.8) is 0 Å². The molecule has 0 bridgehead atoms. The number of hydrogen-bond acceptors (Lipinski definition) is 4. The number of nitrogens with one attached hydrogen (secondary N) is 1. The molecule has 2 rings (SSSR count). The van der Waals surface area contributed by atoms with Crippen LogP contribution in [-0.2, 0) is 12.0 Å².